The fraction of sp³-hybridized carbons (Fsp3) is 0.150. The van der Waals surface area contributed by atoms with Crippen molar-refractivity contribution in [2.24, 2.45) is 0 Å². The molecule has 4 rings (SSSR count). The van der Waals surface area contributed by atoms with E-state index in [0.29, 0.717) is 27.9 Å². The van der Waals surface area contributed by atoms with E-state index < -0.39 is 5.63 Å². The molecule has 0 unspecified atom stereocenters. The Morgan fingerprint density at radius 3 is 2.64 bits per heavy atom. The van der Waals surface area contributed by atoms with Crippen molar-refractivity contribution in [2.75, 3.05) is 5.84 Å². The molecule has 0 aliphatic rings. The van der Waals surface area contributed by atoms with E-state index in [1.165, 1.54) is 34.6 Å². The van der Waals surface area contributed by atoms with Gasteiger partial charge in [-0.25, -0.2) is 13.9 Å². The molecular weight excluding hydrogens is 379 g/mol. The number of hydrogen-bond donors (Lipinski definition) is 1. The fourth-order valence-electron chi connectivity index (χ4n) is 2.96. The van der Waals surface area contributed by atoms with Crippen molar-refractivity contribution in [3.8, 4) is 11.4 Å². The van der Waals surface area contributed by atoms with Gasteiger partial charge in [0.25, 0.3) is 0 Å². The average molecular weight is 396 g/mol. The first-order valence-corrected chi connectivity index (χ1v) is 9.55. The lowest BCUT2D eigenvalue weighted by molar-refractivity contribution is 0.557. The third kappa shape index (κ3) is 3.27. The van der Waals surface area contributed by atoms with Crippen molar-refractivity contribution >= 4 is 22.7 Å². The van der Waals surface area contributed by atoms with Crippen molar-refractivity contribution in [3.63, 3.8) is 0 Å². The minimum absolute atomic E-state index is 0.332. The van der Waals surface area contributed by atoms with E-state index in [2.05, 4.69) is 10.2 Å². The number of aromatic nitrogens is 3. The topological polar surface area (TPSA) is 86.9 Å². The van der Waals surface area contributed by atoms with Crippen molar-refractivity contribution < 1.29 is 8.81 Å². The van der Waals surface area contributed by atoms with E-state index in [-0.39, 0.29) is 5.82 Å². The number of nitrogen functional groups attached to an aromatic ring is 1. The van der Waals surface area contributed by atoms with Gasteiger partial charge in [0.15, 0.2) is 5.82 Å². The largest absolute Gasteiger partial charge is 0.422 e. The summed E-state index contributed by atoms with van der Waals surface area (Å²) < 4.78 is 19.9. The number of nitrogens with zero attached hydrogens (tertiary/aromatic N) is 3. The number of rotatable bonds is 4. The van der Waals surface area contributed by atoms with Crippen LogP contribution < -0.4 is 11.5 Å². The quantitative estimate of drug-likeness (QED) is 0.321. The molecule has 0 amide bonds. The Hall–Kier alpha value is -3.13. The zero-order valence-corrected chi connectivity index (χ0v) is 16.1. The van der Waals surface area contributed by atoms with Crippen LogP contribution in [0.25, 0.3) is 22.4 Å². The molecule has 0 radical (unpaired) electrons. The maximum Gasteiger partial charge on any atom is 0.336 e. The highest BCUT2D eigenvalue weighted by Gasteiger charge is 2.15. The fourth-order valence-corrected chi connectivity index (χ4v) is 3.81. The van der Waals surface area contributed by atoms with Gasteiger partial charge in [-0.1, -0.05) is 23.9 Å². The molecule has 0 saturated carbocycles. The van der Waals surface area contributed by atoms with Crippen LogP contribution >= 0.6 is 11.8 Å². The second kappa shape index (κ2) is 7.12. The molecule has 142 valence electrons. The molecule has 0 bridgehead atoms. The predicted molar refractivity (Wildman–Crippen MR) is 107 cm³/mol. The Balaban J connectivity index is 1.65. The number of hydrogen-bond acceptors (Lipinski definition) is 6. The highest BCUT2D eigenvalue weighted by molar-refractivity contribution is 7.98. The van der Waals surface area contributed by atoms with Gasteiger partial charge < -0.3 is 10.3 Å². The molecular formula is C20H17FN4O2S. The van der Waals surface area contributed by atoms with Gasteiger partial charge in [0.05, 0.1) is 0 Å². The molecule has 2 N–H and O–H groups in total. The summed E-state index contributed by atoms with van der Waals surface area (Å²) in [4.78, 5) is 12.0. The molecule has 0 aliphatic carbocycles. The number of aryl methyl sites for hydroxylation is 2. The van der Waals surface area contributed by atoms with Crippen molar-refractivity contribution in [3.05, 3.63) is 75.4 Å². The number of halogens is 1. The van der Waals surface area contributed by atoms with Crippen molar-refractivity contribution in [1.29, 1.82) is 0 Å². The van der Waals surface area contributed by atoms with Gasteiger partial charge in [-0.2, -0.15) is 0 Å². The van der Waals surface area contributed by atoms with E-state index in [1.54, 1.807) is 12.1 Å². The third-order valence-corrected chi connectivity index (χ3v) is 5.63. The molecule has 2 aromatic carbocycles. The highest BCUT2D eigenvalue weighted by Crippen LogP contribution is 2.29. The first-order valence-electron chi connectivity index (χ1n) is 8.56. The van der Waals surface area contributed by atoms with E-state index >= 15 is 0 Å². The van der Waals surface area contributed by atoms with Gasteiger partial charge in [-0.3, -0.25) is 0 Å². The summed E-state index contributed by atoms with van der Waals surface area (Å²) in [5.74, 6) is 6.70. The van der Waals surface area contributed by atoms with Crippen LogP contribution in [0, 0.1) is 19.7 Å². The minimum atomic E-state index is -0.391. The molecule has 2 heterocycles. The summed E-state index contributed by atoms with van der Waals surface area (Å²) in [6.45, 7) is 3.91. The molecule has 6 nitrogen and oxygen atoms in total. The van der Waals surface area contributed by atoms with Crippen LogP contribution in [0.5, 0.6) is 0 Å². The molecule has 0 atom stereocenters. The van der Waals surface area contributed by atoms with Gasteiger partial charge in [0.1, 0.15) is 11.4 Å². The van der Waals surface area contributed by atoms with Crippen LogP contribution in [0.15, 0.2) is 56.8 Å². The summed E-state index contributed by atoms with van der Waals surface area (Å²) in [5, 5.41) is 9.59. The normalized spacial score (nSPS) is 11.2. The van der Waals surface area contributed by atoms with E-state index in [1.807, 2.05) is 26.0 Å². The lowest BCUT2D eigenvalue weighted by Crippen LogP contribution is -2.11. The Morgan fingerprint density at radius 2 is 1.89 bits per heavy atom. The molecule has 2 aromatic heterocycles. The Bertz CT molecular complexity index is 1230. The maximum absolute atomic E-state index is 13.1. The van der Waals surface area contributed by atoms with Crippen LogP contribution in [0.1, 0.15) is 16.7 Å². The summed E-state index contributed by atoms with van der Waals surface area (Å²) in [5.41, 5.74) is 3.72. The third-order valence-electron chi connectivity index (χ3n) is 4.64. The number of nitrogens with two attached hydrogens (primary N) is 1. The van der Waals surface area contributed by atoms with Crippen molar-refractivity contribution in [2.45, 2.75) is 24.8 Å². The summed E-state index contributed by atoms with van der Waals surface area (Å²) in [6, 6.07) is 11.3. The van der Waals surface area contributed by atoms with Crippen LogP contribution in [-0.4, -0.2) is 14.9 Å². The summed E-state index contributed by atoms with van der Waals surface area (Å²) in [7, 11) is 0. The second-order valence-electron chi connectivity index (χ2n) is 6.45. The van der Waals surface area contributed by atoms with Crippen LogP contribution in [0.2, 0.25) is 0 Å². The summed E-state index contributed by atoms with van der Waals surface area (Å²) in [6.07, 6.45) is 0. The highest BCUT2D eigenvalue weighted by atomic mass is 32.2. The van der Waals surface area contributed by atoms with Gasteiger partial charge in [-0.05, 0) is 54.8 Å². The Labute approximate surface area is 164 Å². The van der Waals surface area contributed by atoms with E-state index in [9.17, 15) is 9.18 Å². The lowest BCUT2D eigenvalue weighted by Gasteiger charge is -2.09. The second-order valence-corrected chi connectivity index (χ2v) is 7.39. The van der Waals surface area contributed by atoms with Crippen molar-refractivity contribution in [1.82, 2.24) is 14.9 Å². The molecule has 0 aliphatic heterocycles. The standard InChI is InChI=1S/C20H17FN4O2S/c1-11-3-8-16-14(9-17(26)27-18(16)12(11)2)10-28-20-24-23-19(25(20)22)13-4-6-15(21)7-5-13/h3-9H,10,22H2,1-2H3. The lowest BCUT2D eigenvalue weighted by atomic mass is 10.0. The first kappa shape index (κ1) is 18.2. The molecule has 0 saturated heterocycles. The minimum Gasteiger partial charge on any atom is -0.422 e. The van der Waals surface area contributed by atoms with Gasteiger partial charge in [-0.15, -0.1) is 10.2 Å². The Kier molecular flexibility index (Phi) is 4.64. The predicted octanol–water partition coefficient (Wildman–Crippen LogP) is 3.81. The van der Waals surface area contributed by atoms with Gasteiger partial charge >= 0.3 is 5.63 Å². The Morgan fingerprint density at radius 1 is 1.14 bits per heavy atom. The van der Waals surface area contributed by atoms with Gasteiger partial charge in [0, 0.05) is 22.8 Å². The van der Waals surface area contributed by atoms with Crippen LogP contribution in [0.3, 0.4) is 0 Å². The smallest absolute Gasteiger partial charge is 0.336 e. The zero-order valence-electron chi connectivity index (χ0n) is 15.3. The maximum atomic E-state index is 13.1. The van der Waals surface area contributed by atoms with Crippen LogP contribution in [0.4, 0.5) is 4.39 Å². The van der Waals surface area contributed by atoms with Gasteiger partial charge in [0.2, 0.25) is 5.16 Å². The molecule has 0 fully saturated rings. The average Bonchev–Trinajstić information content (AvgIpc) is 3.04. The molecule has 0 spiro atoms. The monoisotopic (exact) mass is 396 g/mol. The molecule has 4 aromatic rings. The number of benzene rings is 2. The molecule has 8 heteroatoms. The van der Waals surface area contributed by atoms with Crippen LogP contribution in [-0.2, 0) is 5.75 Å². The number of thioether (sulfide) groups is 1. The number of fused-ring (bicyclic) bond motifs is 1. The van der Waals surface area contributed by atoms with E-state index in [4.69, 9.17) is 10.3 Å². The first-order chi connectivity index (χ1) is 13.4. The zero-order chi connectivity index (χ0) is 19.8. The SMILES string of the molecule is Cc1ccc2c(CSc3nnc(-c4ccc(F)cc4)n3N)cc(=O)oc2c1C. The van der Waals surface area contributed by atoms with E-state index in [0.717, 1.165) is 22.1 Å². The summed E-state index contributed by atoms with van der Waals surface area (Å²) >= 11 is 1.36. The molecule has 28 heavy (non-hydrogen) atoms.